The Balaban J connectivity index is 1.81. The van der Waals surface area contributed by atoms with Crippen LogP contribution in [0, 0.1) is 11.8 Å². The fourth-order valence-electron chi connectivity index (χ4n) is 2.67. The number of nitrogen functional groups attached to an aromatic ring is 1. The van der Waals surface area contributed by atoms with E-state index in [0.717, 1.165) is 24.2 Å². The molecular weight excluding hydrogens is 246 g/mol. The van der Waals surface area contributed by atoms with Crippen molar-refractivity contribution in [2.45, 2.75) is 39.0 Å². The average molecular weight is 268 g/mol. The molecule has 0 saturated heterocycles. The molecule has 0 aromatic carbocycles. The van der Waals surface area contributed by atoms with E-state index in [1.165, 1.54) is 32.1 Å². The molecule has 0 amide bonds. The van der Waals surface area contributed by atoms with Crippen LogP contribution in [0.25, 0.3) is 0 Å². The van der Waals surface area contributed by atoms with E-state index in [4.69, 9.17) is 17.3 Å². The van der Waals surface area contributed by atoms with Gasteiger partial charge in [-0.15, -0.1) is 0 Å². The van der Waals surface area contributed by atoms with Crippen LogP contribution < -0.4 is 11.1 Å². The summed E-state index contributed by atoms with van der Waals surface area (Å²) in [5, 5.41) is 3.95. The van der Waals surface area contributed by atoms with Crippen LogP contribution in [0.4, 0.5) is 11.5 Å². The summed E-state index contributed by atoms with van der Waals surface area (Å²) < 4.78 is 0. The molecule has 1 aliphatic rings. The zero-order valence-electron chi connectivity index (χ0n) is 11.0. The summed E-state index contributed by atoms with van der Waals surface area (Å²) in [5.41, 5.74) is 6.23. The van der Waals surface area contributed by atoms with Gasteiger partial charge in [0.25, 0.3) is 0 Å². The van der Waals surface area contributed by atoms with Gasteiger partial charge in [-0.1, -0.05) is 37.8 Å². The highest BCUT2D eigenvalue weighted by Gasteiger charge is 2.19. The van der Waals surface area contributed by atoms with Crippen LogP contribution in [-0.4, -0.2) is 11.5 Å². The Hall–Kier alpha value is -0.960. The van der Waals surface area contributed by atoms with Crippen LogP contribution in [0.15, 0.2) is 12.3 Å². The number of hydrogen-bond acceptors (Lipinski definition) is 3. The monoisotopic (exact) mass is 267 g/mol. The fraction of sp³-hybridized carbons (Fsp3) is 0.643. The Morgan fingerprint density at radius 2 is 2.00 bits per heavy atom. The minimum atomic E-state index is 0.606. The third kappa shape index (κ3) is 3.52. The Morgan fingerprint density at radius 3 is 2.61 bits per heavy atom. The summed E-state index contributed by atoms with van der Waals surface area (Å²) in [6, 6.07) is 1.74. The second-order valence-corrected chi connectivity index (χ2v) is 5.68. The molecular formula is C14H22ClN3. The molecule has 1 aliphatic carbocycles. The smallest absolute Gasteiger partial charge is 0.144 e. The first-order chi connectivity index (χ1) is 8.69. The molecule has 1 aromatic rings. The van der Waals surface area contributed by atoms with E-state index < -0.39 is 0 Å². The molecule has 0 atom stereocenters. The van der Waals surface area contributed by atoms with Gasteiger partial charge >= 0.3 is 0 Å². The highest BCUT2D eigenvalue weighted by atomic mass is 35.5. The van der Waals surface area contributed by atoms with Crippen molar-refractivity contribution in [2.24, 2.45) is 11.8 Å². The van der Waals surface area contributed by atoms with Crippen molar-refractivity contribution in [2.75, 3.05) is 17.6 Å². The second kappa shape index (κ2) is 6.28. The molecule has 0 unspecified atom stereocenters. The first-order valence-corrected chi connectivity index (χ1v) is 7.21. The molecule has 1 aromatic heterocycles. The molecule has 0 radical (unpaired) electrons. The number of anilines is 2. The minimum absolute atomic E-state index is 0.606. The van der Waals surface area contributed by atoms with Crippen LogP contribution >= 0.6 is 11.6 Å². The Bertz CT molecular complexity index is 387. The van der Waals surface area contributed by atoms with Gasteiger partial charge in [-0.2, -0.15) is 0 Å². The third-order valence-electron chi connectivity index (χ3n) is 3.96. The maximum atomic E-state index is 6.09. The molecule has 0 spiro atoms. The number of aromatic nitrogens is 1. The highest BCUT2D eigenvalue weighted by molar-refractivity contribution is 6.33. The molecule has 1 heterocycles. The summed E-state index contributed by atoms with van der Waals surface area (Å²) in [5.74, 6) is 2.45. The van der Waals surface area contributed by atoms with Gasteiger partial charge in [0, 0.05) is 6.54 Å². The van der Waals surface area contributed by atoms with Crippen LogP contribution in [0.1, 0.15) is 39.0 Å². The van der Waals surface area contributed by atoms with Crippen molar-refractivity contribution in [1.82, 2.24) is 4.98 Å². The van der Waals surface area contributed by atoms with E-state index in [-0.39, 0.29) is 0 Å². The Labute approximate surface area is 114 Å². The standard InChI is InChI=1S/C14H22ClN3/c1-2-10-3-5-11(6-4-10)8-17-14-13(15)7-12(16)9-18-14/h7,9-11H,2-6,8,16H2,1H3,(H,17,18). The quantitative estimate of drug-likeness (QED) is 0.869. The van der Waals surface area contributed by atoms with Crippen molar-refractivity contribution in [3.63, 3.8) is 0 Å². The zero-order valence-corrected chi connectivity index (χ0v) is 11.7. The summed E-state index contributed by atoms with van der Waals surface area (Å²) in [4.78, 5) is 4.23. The number of pyridine rings is 1. The first-order valence-electron chi connectivity index (χ1n) is 6.84. The van der Waals surface area contributed by atoms with Gasteiger partial charge in [0.15, 0.2) is 0 Å². The molecule has 3 N–H and O–H groups in total. The van der Waals surface area contributed by atoms with Gasteiger partial charge < -0.3 is 11.1 Å². The topological polar surface area (TPSA) is 50.9 Å². The molecule has 0 bridgehead atoms. The van der Waals surface area contributed by atoms with Gasteiger partial charge in [-0.3, -0.25) is 0 Å². The Morgan fingerprint density at radius 1 is 1.33 bits per heavy atom. The van der Waals surface area contributed by atoms with E-state index >= 15 is 0 Å². The molecule has 4 heteroatoms. The molecule has 0 aliphatic heterocycles. The van der Waals surface area contributed by atoms with E-state index in [0.29, 0.717) is 10.7 Å². The number of nitrogens with zero attached hydrogens (tertiary/aromatic N) is 1. The minimum Gasteiger partial charge on any atom is -0.397 e. The van der Waals surface area contributed by atoms with Gasteiger partial charge in [0.2, 0.25) is 0 Å². The third-order valence-corrected chi connectivity index (χ3v) is 4.25. The molecule has 3 nitrogen and oxygen atoms in total. The second-order valence-electron chi connectivity index (χ2n) is 5.27. The van der Waals surface area contributed by atoms with Gasteiger partial charge in [-0.25, -0.2) is 4.98 Å². The lowest BCUT2D eigenvalue weighted by atomic mass is 9.81. The van der Waals surface area contributed by atoms with Crippen molar-refractivity contribution in [1.29, 1.82) is 0 Å². The van der Waals surface area contributed by atoms with Crippen molar-refractivity contribution >= 4 is 23.1 Å². The van der Waals surface area contributed by atoms with Crippen LogP contribution in [0.2, 0.25) is 5.02 Å². The number of rotatable bonds is 4. The number of nitrogens with two attached hydrogens (primary N) is 1. The summed E-state index contributed by atoms with van der Waals surface area (Å²) in [6.07, 6.45) is 8.33. The lowest BCUT2D eigenvalue weighted by molar-refractivity contribution is 0.278. The molecule has 18 heavy (non-hydrogen) atoms. The maximum absolute atomic E-state index is 6.09. The predicted octanol–water partition coefficient (Wildman–Crippen LogP) is 3.95. The van der Waals surface area contributed by atoms with Crippen molar-refractivity contribution < 1.29 is 0 Å². The fourth-order valence-corrected chi connectivity index (χ4v) is 2.91. The summed E-state index contributed by atoms with van der Waals surface area (Å²) in [7, 11) is 0. The van der Waals surface area contributed by atoms with E-state index in [2.05, 4.69) is 17.2 Å². The number of hydrogen-bond donors (Lipinski definition) is 2. The van der Waals surface area contributed by atoms with Gasteiger partial charge in [0.05, 0.1) is 16.9 Å². The van der Waals surface area contributed by atoms with E-state index in [1.807, 2.05) is 0 Å². The first kappa shape index (κ1) is 13.5. The number of nitrogens with one attached hydrogen (secondary N) is 1. The normalized spacial score (nSPS) is 23.9. The molecule has 1 saturated carbocycles. The highest BCUT2D eigenvalue weighted by Crippen LogP contribution is 2.31. The summed E-state index contributed by atoms with van der Waals surface area (Å²) >= 11 is 6.09. The van der Waals surface area contributed by atoms with Crippen molar-refractivity contribution in [3.8, 4) is 0 Å². The number of halogens is 1. The average Bonchev–Trinajstić information content (AvgIpc) is 2.38. The molecule has 1 fully saturated rings. The lowest BCUT2D eigenvalue weighted by Gasteiger charge is -2.28. The van der Waals surface area contributed by atoms with E-state index in [9.17, 15) is 0 Å². The van der Waals surface area contributed by atoms with Crippen molar-refractivity contribution in [3.05, 3.63) is 17.3 Å². The molecule has 2 rings (SSSR count). The largest absolute Gasteiger partial charge is 0.397 e. The predicted molar refractivity (Wildman–Crippen MR) is 77.9 cm³/mol. The van der Waals surface area contributed by atoms with Gasteiger partial charge in [0.1, 0.15) is 5.82 Å². The van der Waals surface area contributed by atoms with Gasteiger partial charge in [-0.05, 0) is 30.7 Å². The molecule has 100 valence electrons. The maximum Gasteiger partial charge on any atom is 0.144 e. The lowest BCUT2D eigenvalue weighted by Crippen LogP contribution is -2.21. The van der Waals surface area contributed by atoms with Crippen LogP contribution in [0.5, 0.6) is 0 Å². The van der Waals surface area contributed by atoms with Crippen LogP contribution in [-0.2, 0) is 0 Å². The van der Waals surface area contributed by atoms with E-state index in [1.54, 1.807) is 12.3 Å². The Kier molecular flexibility index (Phi) is 4.70. The zero-order chi connectivity index (χ0) is 13.0. The van der Waals surface area contributed by atoms with Crippen LogP contribution in [0.3, 0.4) is 0 Å². The SMILES string of the molecule is CCC1CCC(CNc2ncc(N)cc2Cl)CC1. The summed E-state index contributed by atoms with van der Waals surface area (Å²) in [6.45, 7) is 3.26.